The van der Waals surface area contributed by atoms with Crippen molar-refractivity contribution in [2.75, 3.05) is 20.3 Å². The van der Waals surface area contributed by atoms with Crippen molar-refractivity contribution >= 4 is 44.8 Å². The molecule has 1 aromatic rings. The maximum Gasteiger partial charge on any atom is 0.242 e. The van der Waals surface area contributed by atoms with Gasteiger partial charge in [-0.2, -0.15) is 0 Å². The van der Waals surface area contributed by atoms with Crippen molar-refractivity contribution in [1.29, 1.82) is 0 Å². The zero-order chi connectivity index (χ0) is 14.5. The molecule has 1 N–H and O–H groups in total. The van der Waals surface area contributed by atoms with Crippen molar-refractivity contribution in [3.05, 3.63) is 28.2 Å². The van der Waals surface area contributed by atoms with E-state index < -0.39 is 10.0 Å². The Hall–Kier alpha value is -0.0400. The normalized spacial score (nSPS) is 13.5. The van der Waals surface area contributed by atoms with Gasteiger partial charge in [0.15, 0.2) is 0 Å². The molecular weight excluding hydrogens is 333 g/mol. The summed E-state index contributed by atoms with van der Waals surface area (Å²) >= 11 is 17.5. The van der Waals surface area contributed by atoms with Crippen molar-refractivity contribution in [1.82, 2.24) is 4.72 Å². The van der Waals surface area contributed by atoms with Crippen LogP contribution >= 0.6 is 34.8 Å². The Labute approximate surface area is 128 Å². The molecule has 0 spiro atoms. The minimum Gasteiger partial charge on any atom is -0.383 e. The molecule has 0 aliphatic heterocycles. The number of methoxy groups -OCH3 is 1. The molecule has 0 heterocycles. The van der Waals surface area contributed by atoms with Gasteiger partial charge in [0.25, 0.3) is 0 Å². The predicted octanol–water partition coefficient (Wildman–Crippen LogP) is 2.92. The predicted molar refractivity (Wildman–Crippen MR) is 77.8 cm³/mol. The minimum atomic E-state index is -3.69. The van der Waals surface area contributed by atoms with Gasteiger partial charge in [-0.05, 0) is 24.6 Å². The number of sulfonamides is 1. The maximum atomic E-state index is 12.0. The summed E-state index contributed by atoms with van der Waals surface area (Å²) in [5.41, 5.74) is 0. The van der Waals surface area contributed by atoms with E-state index in [1.165, 1.54) is 25.3 Å². The summed E-state index contributed by atoms with van der Waals surface area (Å²) in [4.78, 5) is -0.0421. The summed E-state index contributed by atoms with van der Waals surface area (Å²) in [7, 11) is -2.16. The highest BCUT2D eigenvalue weighted by molar-refractivity contribution is 7.89. The van der Waals surface area contributed by atoms with Crippen LogP contribution in [0.5, 0.6) is 0 Å². The molecule has 0 aliphatic rings. The molecular formula is C11H14Cl3NO3S. The lowest BCUT2D eigenvalue weighted by atomic mass is 10.3. The fourth-order valence-corrected chi connectivity index (χ4v) is 3.42. The molecule has 0 bridgehead atoms. The number of hydrogen-bond acceptors (Lipinski definition) is 3. The molecule has 1 aromatic carbocycles. The summed E-state index contributed by atoms with van der Waals surface area (Å²) < 4.78 is 31.3. The van der Waals surface area contributed by atoms with Crippen LogP contribution in [0.3, 0.4) is 0 Å². The molecule has 8 heteroatoms. The number of alkyl halides is 1. The Morgan fingerprint density at radius 1 is 1.37 bits per heavy atom. The first-order chi connectivity index (χ1) is 8.86. The Bertz CT molecular complexity index is 522. The van der Waals surface area contributed by atoms with Gasteiger partial charge in [0.05, 0.1) is 17.0 Å². The highest BCUT2D eigenvalue weighted by atomic mass is 35.5. The van der Waals surface area contributed by atoms with Crippen molar-refractivity contribution in [3.63, 3.8) is 0 Å². The zero-order valence-corrected chi connectivity index (χ0v) is 13.3. The van der Waals surface area contributed by atoms with Gasteiger partial charge in [-0.15, -0.1) is 11.6 Å². The molecule has 108 valence electrons. The first kappa shape index (κ1) is 17.0. The van der Waals surface area contributed by atoms with Crippen LogP contribution in [0.25, 0.3) is 0 Å². The topological polar surface area (TPSA) is 55.4 Å². The van der Waals surface area contributed by atoms with E-state index >= 15 is 0 Å². The standard InChI is InChI=1S/C11H14Cl3NO3S/c1-18-7-9(13)4-5-15-19(16,17)11-6-8(12)2-3-10(11)14/h2-3,6,9,15H,4-5,7H2,1H3. The third-order valence-electron chi connectivity index (χ3n) is 2.28. The summed E-state index contributed by atoms with van der Waals surface area (Å²) in [5.74, 6) is 0. The molecule has 19 heavy (non-hydrogen) atoms. The smallest absolute Gasteiger partial charge is 0.242 e. The van der Waals surface area contributed by atoms with Crippen LogP contribution in [0.4, 0.5) is 0 Å². The van der Waals surface area contributed by atoms with E-state index in [1.54, 1.807) is 0 Å². The van der Waals surface area contributed by atoms with Crippen molar-refractivity contribution in [3.8, 4) is 0 Å². The number of nitrogens with one attached hydrogen (secondary N) is 1. The summed E-state index contributed by atoms with van der Waals surface area (Å²) in [6.45, 7) is 0.559. The molecule has 1 unspecified atom stereocenters. The van der Waals surface area contributed by atoms with Crippen LogP contribution in [-0.2, 0) is 14.8 Å². The van der Waals surface area contributed by atoms with Crippen LogP contribution in [0.2, 0.25) is 10.0 Å². The van der Waals surface area contributed by atoms with Crippen LogP contribution in [0, 0.1) is 0 Å². The molecule has 1 atom stereocenters. The van der Waals surface area contributed by atoms with E-state index in [2.05, 4.69) is 4.72 Å². The highest BCUT2D eigenvalue weighted by Gasteiger charge is 2.18. The van der Waals surface area contributed by atoms with Crippen molar-refractivity contribution in [2.24, 2.45) is 0 Å². The third-order valence-corrected chi connectivity index (χ3v) is 4.80. The molecule has 0 aromatic heterocycles. The monoisotopic (exact) mass is 345 g/mol. The van der Waals surface area contributed by atoms with Gasteiger partial charge in [0.1, 0.15) is 4.90 Å². The fraction of sp³-hybridized carbons (Fsp3) is 0.455. The van der Waals surface area contributed by atoms with Gasteiger partial charge >= 0.3 is 0 Å². The highest BCUT2D eigenvalue weighted by Crippen LogP contribution is 2.24. The average Bonchev–Trinajstić information content (AvgIpc) is 2.32. The lowest BCUT2D eigenvalue weighted by molar-refractivity contribution is 0.196. The molecule has 0 aliphatic carbocycles. The number of halogens is 3. The molecule has 1 rings (SSSR count). The van der Waals surface area contributed by atoms with Gasteiger partial charge in [-0.3, -0.25) is 0 Å². The van der Waals surface area contributed by atoms with Gasteiger partial charge in [0, 0.05) is 18.7 Å². The van der Waals surface area contributed by atoms with Crippen LogP contribution < -0.4 is 4.72 Å². The molecule has 0 amide bonds. The maximum absolute atomic E-state index is 12.0. The summed E-state index contributed by atoms with van der Waals surface area (Å²) in [6, 6.07) is 4.27. The van der Waals surface area contributed by atoms with E-state index in [1.807, 2.05) is 0 Å². The van der Waals surface area contributed by atoms with E-state index in [4.69, 9.17) is 39.5 Å². The largest absolute Gasteiger partial charge is 0.383 e. The van der Waals surface area contributed by atoms with E-state index in [-0.39, 0.29) is 21.8 Å². The van der Waals surface area contributed by atoms with Crippen LogP contribution in [0.15, 0.2) is 23.1 Å². The zero-order valence-electron chi connectivity index (χ0n) is 10.2. The average molecular weight is 347 g/mol. The third kappa shape index (κ3) is 5.45. The Balaban J connectivity index is 2.68. The second-order valence-corrected chi connectivity index (χ2v) is 7.01. The number of hydrogen-bond donors (Lipinski definition) is 1. The fourth-order valence-electron chi connectivity index (χ4n) is 1.37. The van der Waals surface area contributed by atoms with Gasteiger partial charge in [-0.1, -0.05) is 23.2 Å². The van der Waals surface area contributed by atoms with Crippen LogP contribution in [0.1, 0.15) is 6.42 Å². The molecule has 0 fully saturated rings. The second kappa shape index (κ2) is 7.67. The van der Waals surface area contributed by atoms with E-state index in [0.717, 1.165) is 0 Å². The Kier molecular flexibility index (Phi) is 6.86. The Morgan fingerprint density at radius 3 is 2.68 bits per heavy atom. The van der Waals surface area contributed by atoms with Crippen molar-refractivity contribution < 1.29 is 13.2 Å². The number of rotatable bonds is 7. The lowest BCUT2D eigenvalue weighted by Crippen LogP contribution is -2.27. The molecule has 0 saturated heterocycles. The second-order valence-electron chi connectivity index (χ2n) is 3.81. The van der Waals surface area contributed by atoms with E-state index in [0.29, 0.717) is 18.1 Å². The summed E-state index contributed by atoms with van der Waals surface area (Å²) in [5, 5.41) is 0.179. The lowest BCUT2D eigenvalue weighted by Gasteiger charge is -2.11. The quantitative estimate of drug-likeness (QED) is 0.772. The molecule has 0 radical (unpaired) electrons. The number of ether oxygens (including phenoxy) is 1. The van der Waals surface area contributed by atoms with Gasteiger partial charge in [0.2, 0.25) is 10.0 Å². The molecule has 0 saturated carbocycles. The van der Waals surface area contributed by atoms with Crippen LogP contribution in [-0.4, -0.2) is 34.1 Å². The Morgan fingerprint density at radius 2 is 2.05 bits per heavy atom. The molecule has 4 nitrogen and oxygen atoms in total. The first-order valence-corrected chi connectivity index (χ1v) is 8.12. The summed E-state index contributed by atoms with van der Waals surface area (Å²) in [6.07, 6.45) is 0.451. The van der Waals surface area contributed by atoms with Gasteiger partial charge in [-0.25, -0.2) is 13.1 Å². The number of benzene rings is 1. The van der Waals surface area contributed by atoms with Gasteiger partial charge < -0.3 is 4.74 Å². The minimum absolute atomic E-state index is 0.0421. The van der Waals surface area contributed by atoms with Crippen molar-refractivity contribution in [2.45, 2.75) is 16.7 Å². The first-order valence-electron chi connectivity index (χ1n) is 5.44. The van der Waals surface area contributed by atoms with E-state index in [9.17, 15) is 8.42 Å². The SMILES string of the molecule is COCC(Cl)CCNS(=O)(=O)c1cc(Cl)ccc1Cl.